The van der Waals surface area contributed by atoms with Crippen LogP contribution in [0.15, 0.2) is 0 Å². The van der Waals surface area contributed by atoms with E-state index < -0.39 is 24.3 Å². The SMILES string of the molecule is CC(C)(C)C(=O)N(CCCCCCN1[C@H](CO)[C@@H](O)[C@H](O)[C@H]1CO)C1CCCCC1. The zero-order chi connectivity index (χ0) is 22.3. The van der Waals surface area contributed by atoms with Gasteiger partial charge in [-0.3, -0.25) is 9.69 Å². The Kier molecular flexibility index (Phi) is 10.0. The second kappa shape index (κ2) is 11.8. The maximum Gasteiger partial charge on any atom is 0.228 e. The van der Waals surface area contributed by atoms with E-state index in [1.165, 1.54) is 19.3 Å². The first kappa shape index (κ1) is 25.5. The van der Waals surface area contributed by atoms with E-state index in [-0.39, 0.29) is 24.5 Å². The van der Waals surface area contributed by atoms with Crippen molar-refractivity contribution < 1.29 is 25.2 Å². The first-order valence-electron chi connectivity index (χ1n) is 11.9. The standard InChI is InChI=1S/C23H44N2O5/c1-23(2,3)22(30)24(17-11-7-6-8-12-17)13-9-4-5-10-14-25-18(15-26)20(28)21(29)19(25)16-27/h17-21,26-29H,4-16H2,1-3H3/t18-,19-,20-,21-/m1/s1. The number of carbonyl (C=O) groups excluding carboxylic acids is 1. The van der Waals surface area contributed by atoms with Crippen molar-refractivity contribution >= 4 is 5.91 Å². The Morgan fingerprint density at radius 2 is 1.43 bits per heavy atom. The predicted octanol–water partition coefficient (Wildman–Crippen LogP) is 1.51. The van der Waals surface area contributed by atoms with E-state index in [1.807, 2.05) is 25.7 Å². The van der Waals surface area contributed by atoms with Crippen LogP contribution in [0.25, 0.3) is 0 Å². The molecule has 1 aliphatic heterocycles. The molecule has 4 N–H and O–H groups in total. The zero-order valence-corrected chi connectivity index (χ0v) is 19.2. The number of amides is 1. The summed E-state index contributed by atoms with van der Waals surface area (Å²) in [4.78, 5) is 17.0. The minimum Gasteiger partial charge on any atom is -0.395 e. The fraction of sp³-hybridized carbons (Fsp3) is 0.957. The highest BCUT2D eigenvalue weighted by molar-refractivity contribution is 5.81. The lowest BCUT2D eigenvalue weighted by Crippen LogP contribution is -2.47. The Bertz CT molecular complexity index is 502. The molecule has 1 saturated carbocycles. The lowest BCUT2D eigenvalue weighted by molar-refractivity contribution is -0.142. The molecule has 0 bridgehead atoms. The fourth-order valence-electron chi connectivity index (χ4n) is 5.05. The number of carbonyl (C=O) groups is 1. The first-order valence-corrected chi connectivity index (χ1v) is 11.9. The second-order valence-corrected chi connectivity index (χ2v) is 10.2. The molecule has 7 nitrogen and oxygen atoms in total. The van der Waals surface area contributed by atoms with Gasteiger partial charge in [-0.05, 0) is 32.2 Å². The molecular weight excluding hydrogens is 384 g/mol. The normalized spacial score (nSPS) is 28.8. The molecule has 0 aromatic heterocycles. The molecule has 2 rings (SSSR count). The largest absolute Gasteiger partial charge is 0.395 e. The zero-order valence-electron chi connectivity index (χ0n) is 19.2. The monoisotopic (exact) mass is 428 g/mol. The van der Waals surface area contributed by atoms with Gasteiger partial charge in [0, 0.05) is 18.0 Å². The van der Waals surface area contributed by atoms with Gasteiger partial charge in [-0.2, -0.15) is 0 Å². The molecule has 1 aliphatic carbocycles. The molecule has 0 aromatic rings. The molecule has 0 spiro atoms. The summed E-state index contributed by atoms with van der Waals surface area (Å²) in [5, 5.41) is 39.2. The number of nitrogens with zero attached hydrogens (tertiary/aromatic N) is 2. The molecule has 0 aromatic carbocycles. The number of likely N-dealkylation sites (tertiary alicyclic amines) is 1. The van der Waals surface area contributed by atoms with Crippen LogP contribution in [-0.2, 0) is 4.79 Å². The van der Waals surface area contributed by atoms with Gasteiger partial charge in [0.15, 0.2) is 0 Å². The third-order valence-electron chi connectivity index (χ3n) is 6.85. The minimum absolute atomic E-state index is 0.236. The molecular formula is C23H44N2O5. The van der Waals surface area contributed by atoms with E-state index in [2.05, 4.69) is 4.90 Å². The van der Waals surface area contributed by atoms with Crippen LogP contribution in [0.3, 0.4) is 0 Å². The maximum absolute atomic E-state index is 13.0. The van der Waals surface area contributed by atoms with Crippen molar-refractivity contribution in [3.05, 3.63) is 0 Å². The Hall–Kier alpha value is -0.730. The molecule has 0 radical (unpaired) electrons. The summed E-state index contributed by atoms with van der Waals surface area (Å²) in [6.07, 6.45) is 7.69. The average molecular weight is 429 g/mol. The smallest absolute Gasteiger partial charge is 0.228 e. The Labute approximate surface area is 182 Å². The summed E-state index contributed by atoms with van der Waals surface area (Å²) in [5.74, 6) is 0.256. The van der Waals surface area contributed by atoms with Gasteiger partial charge in [-0.15, -0.1) is 0 Å². The third kappa shape index (κ3) is 6.39. The molecule has 7 heteroatoms. The number of hydrogen-bond acceptors (Lipinski definition) is 6. The quantitative estimate of drug-likeness (QED) is 0.393. The molecule has 0 unspecified atom stereocenters. The molecule has 2 aliphatic rings. The van der Waals surface area contributed by atoms with Gasteiger partial charge in [0.25, 0.3) is 0 Å². The van der Waals surface area contributed by atoms with Crippen molar-refractivity contribution in [3.8, 4) is 0 Å². The number of aliphatic hydroxyl groups excluding tert-OH is 4. The van der Waals surface area contributed by atoms with Crippen molar-refractivity contribution in [1.82, 2.24) is 9.80 Å². The molecule has 30 heavy (non-hydrogen) atoms. The number of rotatable bonds is 10. The van der Waals surface area contributed by atoms with Gasteiger partial charge < -0.3 is 25.3 Å². The van der Waals surface area contributed by atoms with Gasteiger partial charge in [0.2, 0.25) is 5.91 Å². The van der Waals surface area contributed by atoms with Crippen molar-refractivity contribution in [1.29, 1.82) is 0 Å². The summed E-state index contributed by atoms with van der Waals surface area (Å²) in [5.41, 5.74) is -0.354. The lowest BCUT2D eigenvalue weighted by atomic mass is 9.89. The molecule has 1 heterocycles. The topological polar surface area (TPSA) is 104 Å². The highest BCUT2D eigenvalue weighted by atomic mass is 16.3. The van der Waals surface area contributed by atoms with Crippen LogP contribution in [0.4, 0.5) is 0 Å². The number of hydrogen-bond donors (Lipinski definition) is 4. The van der Waals surface area contributed by atoms with Crippen LogP contribution in [0.1, 0.15) is 78.6 Å². The van der Waals surface area contributed by atoms with E-state index in [4.69, 9.17) is 0 Å². The van der Waals surface area contributed by atoms with E-state index >= 15 is 0 Å². The molecule has 176 valence electrons. The van der Waals surface area contributed by atoms with E-state index in [0.717, 1.165) is 45.1 Å². The second-order valence-electron chi connectivity index (χ2n) is 10.2. The predicted molar refractivity (Wildman–Crippen MR) is 117 cm³/mol. The summed E-state index contributed by atoms with van der Waals surface area (Å²) in [6.45, 7) is 6.95. The van der Waals surface area contributed by atoms with Gasteiger partial charge in [-0.25, -0.2) is 0 Å². The van der Waals surface area contributed by atoms with Crippen molar-refractivity contribution in [3.63, 3.8) is 0 Å². The average Bonchev–Trinajstić information content (AvgIpc) is 2.95. The summed E-state index contributed by atoms with van der Waals surface area (Å²) in [6, 6.07) is -0.666. The highest BCUT2D eigenvalue weighted by Gasteiger charge is 2.46. The maximum atomic E-state index is 13.0. The minimum atomic E-state index is -1.03. The number of unbranched alkanes of at least 4 members (excludes halogenated alkanes) is 3. The Morgan fingerprint density at radius 1 is 0.900 bits per heavy atom. The lowest BCUT2D eigenvalue weighted by Gasteiger charge is -2.38. The summed E-state index contributed by atoms with van der Waals surface area (Å²) in [7, 11) is 0. The van der Waals surface area contributed by atoms with Gasteiger partial charge in [0.05, 0.1) is 37.5 Å². The molecule has 2 fully saturated rings. The molecule has 4 atom stereocenters. The Balaban J connectivity index is 1.78. The van der Waals surface area contributed by atoms with Crippen molar-refractivity contribution in [2.24, 2.45) is 5.41 Å². The summed E-state index contributed by atoms with van der Waals surface area (Å²) >= 11 is 0. The van der Waals surface area contributed by atoms with Crippen LogP contribution in [0.2, 0.25) is 0 Å². The van der Waals surface area contributed by atoms with Gasteiger partial charge in [0.1, 0.15) is 0 Å². The van der Waals surface area contributed by atoms with E-state index in [0.29, 0.717) is 12.6 Å². The van der Waals surface area contributed by atoms with Crippen LogP contribution in [-0.4, -0.2) is 92.8 Å². The van der Waals surface area contributed by atoms with Gasteiger partial charge in [-0.1, -0.05) is 52.9 Å². The van der Waals surface area contributed by atoms with Crippen LogP contribution in [0.5, 0.6) is 0 Å². The van der Waals surface area contributed by atoms with Gasteiger partial charge >= 0.3 is 0 Å². The molecule has 1 amide bonds. The molecule has 1 saturated heterocycles. The first-order chi connectivity index (χ1) is 14.2. The van der Waals surface area contributed by atoms with Crippen LogP contribution in [0, 0.1) is 5.41 Å². The van der Waals surface area contributed by atoms with Crippen molar-refractivity contribution in [2.45, 2.75) is 109 Å². The van der Waals surface area contributed by atoms with Crippen LogP contribution >= 0.6 is 0 Å². The third-order valence-corrected chi connectivity index (χ3v) is 6.85. The van der Waals surface area contributed by atoms with E-state index in [1.54, 1.807) is 0 Å². The summed E-state index contributed by atoms with van der Waals surface area (Å²) < 4.78 is 0. The highest BCUT2D eigenvalue weighted by Crippen LogP contribution is 2.28. The van der Waals surface area contributed by atoms with E-state index in [9.17, 15) is 25.2 Å². The van der Waals surface area contributed by atoms with Crippen LogP contribution < -0.4 is 0 Å². The number of aliphatic hydroxyl groups is 4. The fourth-order valence-corrected chi connectivity index (χ4v) is 5.05. The van der Waals surface area contributed by atoms with Crippen molar-refractivity contribution in [2.75, 3.05) is 26.3 Å². The Morgan fingerprint density at radius 3 is 1.93 bits per heavy atom.